The zero-order valence-electron chi connectivity index (χ0n) is 18.0. The van der Waals surface area contributed by atoms with Crippen LogP contribution in [0.2, 0.25) is 0 Å². The van der Waals surface area contributed by atoms with Crippen molar-refractivity contribution >= 4 is 6.29 Å². The SMILES string of the molecule is C[C@]12CCC3(CC1[C@@H](C=O)C[C@@H]1[C@@H]2CC[C@@]2(C)[C@H]1CCC21OCCO1)OCCO3. The lowest BCUT2D eigenvalue weighted by atomic mass is 9.42. The summed E-state index contributed by atoms with van der Waals surface area (Å²) in [5.74, 6) is 1.63. The highest BCUT2D eigenvalue weighted by molar-refractivity contribution is 5.55. The van der Waals surface area contributed by atoms with Crippen molar-refractivity contribution < 1.29 is 23.7 Å². The van der Waals surface area contributed by atoms with E-state index in [-0.39, 0.29) is 22.5 Å². The molecule has 0 aromatic heterocycles. The van der Waals surface area contributed by atoms with E-state index in [9.17, 15) is 4.79 Å². The van der Waals surface area contributed by atoms with E-state index in [1.54, 1.807) is 0 Å². The van der Waals surface area contributed by atoms with Gasteiger partial charge in [-0.05, 0) is 61.2 Å². The fourth-order valence-electron chi connectivity index (χ4n) is 9.12. The first-order chi connectivity index (χ1) is 14.0. The third-order valence-corrected chi connectivity index (χ3v) is 10.6. The van der Waals surface area contributed by atoms with Gasteiger partial charge in [0.05, 0.1) is 26.4 Å². The molecule has 4 aliphatic carbocycles. The average Bonchev–Trinajstić information content (AvgIpc) is 3.44. The molecule has 7 atom stereocenters. The van der Waals surface area contributed by atoms with Gasteiger partial charge in [0.25, 0.3) is 0 Å². The molecule has 6 fully saturated rings. The molecule has 4 saturated carbocycles. The van der Waals surface area contributed by atoms with Crippen LogP contribution in [0.15, 0.2) is 0 Å². The van der Waals surface area contributed by atoms with Gasteiger partial charge >= 0.3 is 0 Å². The van der Waals surface area contributed by atoms with E-state index in [2.05, 4.69) is 13.8 Å². The van der Waals surface area contributed by atoms with E-state index in [1.165, 1.54) is 25.5 Å². The maximum absolute atomic E-state index is 12.3. The van der Waals surface area contributed by atoms with Crippen molar-refractivity contribution in [3.63, 3.8) is 0 Å². The molecule has 2 saturated heterocycles. The van der Waals surface area contributed by atoms with Crippen molar-refractivity contribution in [2.45, 2.75) is 76.8 Å². The Balaban J connectivity index is 1.33. The Hall–Kier alpha value is -0.490. The molecule has 162 valence electrons. The molecule has 0 radical (unpaired) electrons. The van der Waals surface area contributed by atoms with Crippen molar-refractivity contribution in [3.05, 3.63) is 0 Å². The third-order valence-electron chi connectivity index (χ3n) is 10.6. The Morgan fingerprint density at radius 2 is 1.48 bits per heavy atom. The van der Waals surface area contributed by atoms with Crippen molar-refractivity contribution in [1.29, 1.82) is 0 Å². The average molecular weight is 405 g/mol. The lowest BCUT2D eigenvalue weighted by Crippen LogP contribution is -2.60. The molecule has 2 aliphatic heterocycles. The van der Waals surface area contributed by atoms with Gasteiger partial charge < -0.3 is 23.7 Å². The highest BCUT2D eigenvalue weighted by atomic mass is 16.7. The molecular formula is C24H36O5. The molecule has 0 amide bonds. The Morgan fingerprint density at radius 3 is 2.21 bits per heavy atom. The first-order valence-electron chi connectivity index (χ1n) is 12.0. The van der Waals surface area contributed by atoms with Crippen LogP contribution in [0.3, 0.4) is 0 Å². The number of carbonyl (C=O) groups excluding carboxylic acids is 1. The van der Waals surface area contributed by atoms with Crippen LogP contribution in [-0.2, 0) is 23.7 Å². The van der Waals surface area contributed by atoms with Crippen molar-refractivity contribution in [2.24, 2.45) is 40.4 Å². The first kappa shape index (κ1) is 19.2. The van der Waals surface area contributed by atoms with E-state index in [4.69, 9.17) is 18.9 Å². The zero-order chi connectivity index (χ0) is 19.9. The Morgan fingerprint density at radius 1 is 0.793 bits per heavy atom. The van der Waals surface area contributed by atoms with Gasteiger partial charge in [-0.3, -0.25) is 0 Å². The summed E-state index contributed by atoms with van der Waals surface area (Å²) in [5.41, 5.74) is 0.304. The molecule has 6 aliphatic rings. The van der Waals surface area contributed by atoms with Crippen LogP contribution in [0.4, 0.5) is 0 Å². The molecule has 0 bridgehead atoms. The summed E-state index contributed by atoms with van der Waals surface area (Å²) in [6.07, 6.45) is 9.91. The van der Waals surface area contributed by atoms with Gasteiger partial charge in [0.15, 0.2) is 11.6 Å². The summed E-state index contributed by atoms with van der Waals surface area (Å²) in [6.45, 7) is 7.77. The largest absolute Gasteiger partial charge is 0.348 e. The minimum atomic E-state index is -0.412. The molecule has 0 aromatic carbocycles. The summed E-state index contributed by atoms with van der Waals surface area (Å²) in [5, 5.41) is 0. The fraction of sp³-hybridized carbons (Fsp3) is 0.958. The Bertz CT molecular complexity index is 681. The molecule has 1 unspecified atom stereocenters. The smallest absolute Gasteiger partial charge is 0.174 e. The van der Waals surface area contributed by atoms with E-state index < -0.39 is 5.79 Å². The monoisotopic (exact) mass is 404 g/mol. The minimum absolute atomic E-state index is 0.0921. The Labute approximate surface area is 174 Å². The van der Waals surface area contributed by atoms with E-state index >= 15 is 0 Å². The standard InChI is InChI=1S/C24H36O5/c1-21-7-8-23(26-9-10-27-23)14-20(21)16(15-25)13-17-18(21)3-5-22(2)19(17)4-6-24(22)28-11-12-29-24/h15-20H,3-14H2,1-2H3/t16-,17-,18+,19+,20?,21-,22+/m1/s1. The molecule has 0 aromatic rings. The van der Waals surface area contributed by atoms with Gasteiger partial charge in [-0.15, -0.1) is 0 Å². The summed E-state index contributed by atoms with van der Waals surface area (Å²) >= 11 is 0. The number of fused-ring (bicyclic) bond motifs is 6. The van der Waals surface area contributed by atoms with Gasteiger partial charge in [-0.1, -0.05) is 13.8 Å². The number of ether oxygens (including phenoxy) is 4. The number of carbonyl (C=O) groups is 1. The first-order valence-corrected chi connectivity index (χ1v) is 12.0. The topological polar surface area (TPSA) is 54.0 Å². The second-order valence-electron chi connectivity index (χ2n) is 11.3. The highest BCUT2D eigenvalue weighted by Gasteiger charge is 2.69. The second-order valence-corrected chi connectivity index (χ2v) is 11.3. The van der Waals surface area contributed by atoms with Gasteiger partial charge in [0, 0.05) is 30.6 Å². The molecule has 0 N–H and O–H groups in total. The van der Waals surface area contributed by atoms with Gasteiger partial charge in [0.1, 0.15) is 6.29 Å². The lowest BCUT2D eigenvalue weighted by Gasteiger charge is -2.63. The number of hydrogen-bond acceptors (Lipinski definition) is 5. The normalized spacial score (nSPS) is 52.3. The quantitative estimate of drug-likeness (QED) is 0.620. The fourth-order valence-corrected chi connectivity index (χ4v) is 9.12. The minimum Gasteiger partial charge on any atom is -0.348 e. The summed E-state index contributed by atoms with van der Waals surface area (Å²) in [4.78, 5) is 12.3. The van der Waals surface area contributed by atoms with Gasteiger partial charge in [-0.2, -0.15) is 0 Å². The van der Waals surface area contributed by atoms with Crippen LogP contribution in [-0.4, -0.2) is 44.3 Å². The maximum Gasteiger partial charge on any atom is 0.174 e. The predicted molar refractivity (Wildman–Crippen MR) is 106 cm³/mol. The van der Waals surface area contributed by atoms with Crippen molar-refractivity contribution in [2.75, 3.05) is 26.4 Å². The van der Waals surface area contributed by atoms with Crippen LogP contribution in [0.25, 0.3) is 0 Å². The Kier molecular flexibility index (Phi) is 4.16. The van der Waals surface area contributed by atoms with Crippen LogP contribution in [0.1, 0.15) is 65.2 Å². The van der Waals surface area contributed by atoms with Crippen LogP contribution < -0.4 is 0 Å². The zero-order valence-corrected chi connectivity index (χ0v) is 18.0. The van der Waals surface area contributed by atoms with Crippen molar-refractivity contribution in [1.82, 2.24) is 0 Å². The number of rotatable bonds is 1. The molecule has 6 rings (SSSR count). The predicted octanol–water partition coefficient (Wildman–Crippen LogP) is 3.94. The molecule has 29 heavy (non-hydrogen) atoms. The number of hydrogen-bond donors (Lipinski definition) is 0. The molecule has 2 heterocycles. The van der Waals surface area contributed by atoms with Crippen LogP contribution >= 0.6 is 0 Å². The number of aldehydes is 1. The van der Waals surface area contributed by atoms with Crippen molar-refractivity contribution in [3.8, 4) is 0 Å². The molecule has 2 spiro atoms. The second kappa shape index (κ2) is 6.27. The van der Waals surface area contributed by atoms with E-state index in [0.29, 0.717) is 36.9 Å². The summed E-state index contributed by atoms with van der Waals surface area (Å²) < 4.78 is 24.7. The highest BCUT2D eigenvalue weighted by Crippen LogP contribution is 2.70. The van der Waals surface area contributed by atoms with Gasteiger partial charge in [0.2, 0.25) is 0 Å². The van der Waals surface area contributed by atoms with E-state index in [1.807, 2.05) is 0 Å². The molecule has 5 heteroatoms. The van der Waals surface area contributed by atoms with Gasteiger partial charge in [-0.25, -0.2) is 0 Å². The summed E-state index contributed by atoms with van der Waals surface area (Å²) in [6, 6.07) is 0. The molecular weight excluding hydrogens is 368 g/mol. The molecule has 5 nitrogen and oxygen atoms in total. The maximum atomic E-state index is 12.3. The summed E-state index contributed by atoms with van der Waals surface area (Å²) in [7, 11) is 0. The van der Waals surface area contributed by atoms with Crippen LogP contribution in [0.5, 0.6) is 0 Å². The third kappa shape index (κ3) is 2.39. The van der Waals surface area contributed by atoms with Crippen LogP contribution in [0, 0.1) is 40.4 Å². The lowest BCUT2D eigenvalue weighted by molar-refractivity contribution is -0.262. The van der Waals surface area contributed by atoms with E-state index in [0.717, 1.165) is 45.3 Å².